The van der Waals surface area contributed by atoms with Gasteiger partial charge in [0, 0.05) is 32.2 Å². The van der Waals surface area contributed by atoms with Crippen LogP contribution < -0.4 is 0 Å². The number of hydrogen-bond donors (Lipinski definition) is 1. The molecule has 0 bridgehead atoms. The molecular weight excluding hydrogens is 358 g/mol. The summed E-state index contributed by atoms with van der Waals surface area (Å²) in [6.45, 7) is 2.83. The second-order valence-electron chi connectivity index (χ2n) is 6.64. The van der Waals surface area contributed by atoms with E-state index in [1.165, 1.54) is 28.7 Å². The van der Waals surface area contributed by atoms with E-state index in [9.17, 15) is 9.90 Å². The van der Waals surface area contributed by atoms with Crippen molar-refractivity contribution in [2.24, 2.45) is 0 Å². The second-order valence-corrected chi connectivity index (χ2v) is 8.25. The van der Waals surface area contributed by atoms with Gasteiger partial charge in [-0.2, -0.15) is 0 Å². The Morgan fingerprint density at radius 3 is 2.80 bits per heavy atom. The molecule has 132 valence electrons. The van der Waals surface area contributed by atoms with E-state index in [1.54, 1.807) is 4.90 Å². The topological polar surface area (TPSA) is 56.7 Å². The first-order chi connectivity index (χ1) is 12.1. The number of thiazole rings is 1. The lowest BCUT2D eigenvalue weighted by atomic mass is 9.94. The maximum atomic E-state index is 12.5. The fourth-order valence-electron chi connectivity index (χ4n) is 3.84. The Labute approximate surface area is 155 Å². The summed E-state index contributed by atoms with van der Waals surface area (Å²) < 4.78 is 0.366. The number of halogens is 1. The number of nitrogens with zero attached hydrogens (tertiary/aromatic N) is 3. The minimum atomic E-state index is -0.536. The number of aliphatic hydroxyl groups excluding tert-OH is 1. The lowest BCUT2D eigenvalue weighted by Crippen LogP contribution is -2.56. The molecule has 1 fully saturated rings. The van der Waals surface area contributed by atoms with Crippen LogP contribution in [0.5, 0.6) is 0 Å². The number of benzene rings is 1. The summed E-state index contributed by atoms with van der Waals surface area (Å²) in [6, 6.07) is 8.60. The summed E-state index contributed by atoms with van der Waals surface area (Å²) >= 11 is 7.00. The number of likely N-dealkylation sites (tertiary alicyclic amines) is 1. The van der Waals surface area contributed by atoms with Crippen LogP contribution in [0.15, 0.2) is 30.5 Å². The molecule has 4 rings (SSSR count). The van der Waals surface area contributed by atoms with Crippen LogP contribution in [0.3, 0.4) is 0 Å². The number of carbonyl (C=O) groups is 1. The molecule has 2 unspecified atom stereocenters. The molecule has 0 saturated carbocycles. The Morgan fingerprint density at radius 1 is 1.28 bits per heavy atom. The van der Waals surface area contributed by atoms with Crippen LogP contribution >= 0.6 is 22.9 Å². The molecule has 25 heavy (non-hydrogen) atoms. The molecule has 0 aliphatic carbocycles. The zero-order valence-electron chi connectivity index (χ0n) is 13.8. The van der Waals surface area contributed by atoms with Crippen molar-refractivity contribution in [2.75, 3.05) is 19.6 Å². The van der Waals surface area contributed by atoms with E-state index < -0.39 is 6.10 Å². The number of aromatic nitrogens is 1. The highest BCUT2D eigenvalue weighted by molar-refractivity contribution is 7.17. The molecule has 0 spiro atoms. The van der Waals surface area contributed by atoms with Crippen molar-refractivity contribution in [3.05, 3.63) is 50.9 Å². The first-order valence-corrected chi connectivity index (χ1v) is 9.71. The van der Waals surface area contributed by atoms with Gasteiger partial charge < -0.3 is 10.0 Å². The lowest BCUT2D eigenvalue weighted by molar-refractivity contribution is -0.0136. The van der Waals surface area contributed by atoms with Crippen LogP contribution in [-0.2, 0) is 13.0 Å². The third-order valence-corrected chi connectivity index (χ3v) is 6.25. The summed E-state index contributed by atoms with van der Waals surface area (Å²) in [4.78, 5) is 21.0. The SMILES string of the molecule is O=C(c1cnc(Cl)s1)N1CCC(N2CCc3ccccc3C2)C(O)C1. The monoisotopic (exact) mass is 377 g/mol. The Kier molecular flexibility index (Phi) is 4.78. The van der Waals surface area contributed by atoms with E-state index in [-0.39, 0.29) is 11.9 Å². The van der Waals surface area contributed by atoms with Crippen molar-refractivity contribution in [3.63, 3.8) is 0 Å². The summed E-state index contributed by atoms with van der Waals surface area (Å²) in [6.07, 6.45) is 2.77. The third-order valence-electron chi connectivity index (χ3n) is 5.15. The number of rotatable bonds is 2. The number of hydrogen-bond acceptors (Lipinski definition) is 5. The average molecular weight is 378 g/mol. The zero-order valence-corrected chi connectivity index (χ0v) is 15.3. The predicted octanol–water partition coefficient (Wildman–Crippen LogP) is 2.43. The molecule has 1 saturated heterocycles. The molecule has 2 aliphatic rings. The molecule has 2 aliphatic heterocycles. The van der Waals surface area contributed by atoms with Gasteiger partial charge >= 0.3 is 0 Å². The van der Waals surface area contributed by atoms with Gasteiger partial charge in [0.25, 0.3) is 5.91 Å². The van der Waals surface area contributed by atoms with E-state index in [0.29, 0.717) is 22.4 Å². The van der Waals surface area contributed by atoms with E-state index in [2.05, 4.69) is 34.1 Å². The standard InChI is InChI=1S/C18H20ClN3O2S/c19-18-20-9-16(25-18)17(24)22-8-6-14(15(23)11-22)21-7-5-12-3-1-2-4-13(12)10-21/h1-4,9,14-15,23H,5-8,10-11H2. The van der Waals surface area contributed by atoms with Crippen LogP contribution in [0.25, 0.3) is 0 Å². The molecule has 3 heterocycles. The van der Waals surface area contributed by atoms with Crippen molar-refractivity contribution in [1.29, 1.82) is 0 Å². The van der Waals surface area contributed by atoms with Gasteiger partial charge in [-0.15, -0.1) is 0 Å². The quantitative estimate of drug-likeness (QED) is 0.873. The first kappa shape index (κ1) is 17.0. The minimum Gasteiger partial charge on any atom is -0.390 e. The maximum Gasteiger partial charge on any atom is 0.265 e. The molecule has 2 aromatic rings. The van der Waals surface area contributed by atoms with Gasteiger partial charge in [-0.3, -0.25) is 9.69 Å². The number of fused-ring (bicyclic) bond motifs is 1. The Morgan fingerprint density at radius 2 is 2.08 bits per heavy atom. The van der Waals surface area contributed by atoms with Gasteiger partial charge in [0.05, 0.1) is 12.3 Å². The number of piperidine rings is 1. The van der Waals surface area contributed by atoms with E-state index in [1.807, 2.05) is 0 Å². The van der Waals surface area contributed by atoms with Crippen LogP contribution in [0.1, 0.15) is 27.2 Å². The van der Waals surface area contributed by atoms with Crippen LogP contribution in [0.2, 0.25) is 4.47 Å². The third kappa shape index (κ3) is 3.44. The highest BCUT2D eigenvalue weighted by Gasteiger charge is 2.35. The van der Waals surface area contributed by atoms with Gasteiger partial charge in [0.1, 0.15) is 4.88 Å². The molecule has 7 heteroatoms. The Bertz CT molecular complexity index is 781. The van der Waals surface area contributed by atoms with E-state index >= 15 is 0 Å². The summed E-state index contributed by atoms with van der Waals surface area (Å²) in [7, 11) is 0. The van der Waals surface area contributed by atoms with Crippen molar-refractivity contribution < 1.29 is 9.90 Å². The first-order valence-electron chi connectivity index (χ1n) is 8.51. The predicted molar refractivity (Wildman–Crippen MR) is 98.0 cm³/mol. The molecule has 1 N–H and O–H groups in total. The highest BCUT2D eigenvalue weighted by Crippen LogP contribution is 2.27. The van der Waals surface area contributed by atoms with Crippen LogP contribution in [0.4, 0.5) is 0 Å². The summed E-state index contributed by atoms with van der Waals surface area (Å²) in [5, 5.41) is 10.7. The Balaban J connectivity index is 1.41. The van der Waals surface area contributed by atoms with Gasteiger partial charge in [-0.25, -0.2) is 4.98 Å². The fraction of sp³-hybridized carbons (Fsp3) is 0.444. The zero-order chi connectivity index (χ0) is 17.4. The molecule has 0 radical (unpaired) electrons. The van der Waals surface area contributed by atoms with Crippen molar-refractivity contribution >= 4 is 28.8 Å². The fourth-order valence-corrected chi connectivity index (χ4v) is 4.74. The minimum absolute atomic E-state index is 0.0918. The number of aliphatic hydroxyl groups is 1. The summed E-state index contributed by atoms with van der Waals surface area (Å²) in [5.41, 5.74) is 2.75. The smallest absolute Gasteiger partial charge is 0.265 e. The van der Waals surface area contributed by atoms with Gasteiger partial charge in [0.15, 0.2) is 4.47 Å². The van der Waals surface area contributed by atoms with E-state index in [4.69, 9.17) is 11.6 Å². The van der Waals surface area contributed by atoms with Gasteiger partial charge in [-0.1, -0.05) is 47.2 Å². The largest absolute Gasteiger partial charge is 0.390 e. The highest BCUT2D eigenvalue weighted by atomic mass is 35.5. The Hall–Kier alpha value is -1.47. The molecular formula is C18H20ClN3O2S. The lowest BCUT2D eigenvalue weighted by Gasteiger charge is -2.43. The van der Waals surface area contributed by atoms with Crippen LogP contribution in [0, 0.1) is 0 Å². The molecule has 5 nitrogen and oxygen atoms in total. The van der Waals surface area contributed by atoms with Crippen LogP contribution in [-0.4, -0.2) is 57.6 Å². The summed E-state index contributed by atoms with van der Waals surface area (Å²) in [5.74, 6) is -0.0918. The van der Waals surface area contributed by atoms with Gasteiger partial charge in [0.2, 0.25) is 0 Å². The van der Waals surface area contributed by atoms with E-state index in [0.717, 1.165) is 25.9 Å². The van der Waals surface area contributed by atoms with Crippen molar-refractivity contribution in [3.8, 4) is 0 Å². The van der Waals surface area contributed by atoms with Crippen molar-refractivity contribution in [2.45, 2.75) is 31.5 Å². The number of amides is 1. The molecule has 1 aromatic carbocycles. The molecule has 1 amide bonds. The average Bonchev–Trinajstić information content (AvgIpc) is 3.07. The second kappa shape index (κ2) is 7.03. The molecule has 1 aromatic heterocycles. The maximum absolute atomic E-state index is 12.5. The normalized spacial score (nSPS) is 24.2. The molecule has 2 atom stereocenters. The number of β-amino-alcohol motifs (C(OH)–C–C–N with tert-alkyl or cyclic N) is 1. The van der Waals surface area contributed by atoms with Crippen molar-refractivity contribution in [1.82, 2.24) is 14.8 Å². The number of carbonyl (C=O) groups excluding carboxylic acids is 1. The van der Waals surface area contributed by atoms with Gasteiger partial charge in [-0.05, 0) is 24.0 Å².